The Morgan fingerprint density at radius 2 is 2.16 bits per heavy atom. The van der Waals surface area contributed by atoms with E-state index in [9.17, 15) is 0 Å². The van der Waals surface area contributed by atoms with Gasteiger partial charge in [0.25, 0.3) is 0 Å². The molecule has 1 aliphatic heterocycles. The average molecular weight is 442 g/mol. The maximum Gasteiger partial charge on any atom is 0.191 e. The van der Waals surface area contributed by atoms with Gasteiger partial charge in [0.15, 0.2) is 17.5 Å². The van der Waals surface area contributed by atoms with Crippen molar-refractivity contribution in [3.63, 3.8) is 0 Å². The van der Waals surface area contributed by atoms with Crippen LogP contribution in [0.15, 0.2) is 21.6 Å². The lowest BCUT2D eigenvalue weighted by molar-refractivity contribution is 0.352. The number of guanidine groups is 1. The monoisotopic (exact) mass is 441 g/mol. The van der Waals surface area contributed by atoms with Crippen LogP contribution in [-0.2, 0) is 6.54 Å². The predicted molar refractivity (Wildman–Crippen MR) is 89.8 cm³/mol. The van der Waals surface area contributed by atoms with Crippen LogP contribution in [0.3, 0.4) is 0 Å². The first kappa shape index (κ1) is 16.4. The van der Waals surface area contributed by atoms with E-state index in [1.165, 1.54) is 0 Å². The van der Waals surface area contributed by atoms with Crippen molar-refractivity contribution in [3.8, 4) is 11.5 Å². The summed E-state index contributed by atoms with van der Waals surface area (Å²) in [5.74, 6) is 2.27. The van der Waals surface area contributed by atoms with Crippen LogP contribution in [0.4, 0.5) is 0 Å². The zero-order valence-electron chi connectivity index (χ0n) is 10.8. The quantitative estimate of drug-likeness (QED) is 0.703. The third-order valence-corrected chi connectivity index (χ3v) is 3.22. The molecule has 0 aliphatic carbocycles. The van der Waals surface area contributed by atoms with Crippen LogP contribution in [0.5, 0.6) is 11.5 Å². The zero-order chi connectivity index (χ0) is 13.0. The van der Waals surface area contributed by atoms with Crippen molar-refractivity contribution in [1.82, 2.24) is 10.6 Å². The lowest BCUT2D eigenvalue weighted by atomic mass is 10.2. The van der Waals surface area contributed by atoms with Gasteiger partial charge in [0.1, 0.15) is 0 Å². The van der Waals surface area contributed by atoms with Crippen LogP contribution >= 0.6 is 39.9 Å². The maximum absolute atomic E-state index is 5.30. The van der Waals surface area contributed by atoms with Gasteiger partial charge in [0.05, 0.1) is 25.2 Å². The molecule has 106 valence electrons. The number of hydrogen-bond donors (Lipinski definition) is 2. The predicted octanol–water partition coefficient (Wildman–Crippen LogP) is 2.13. The maximum atomic E-state index is 5.30. The highest BCUT2D eigenvalue weighted by molar-refractivity contribution is 14.0. The average Bonchev–Trinajstić information content (AvgIpc) is 2.88. The Hall–Kier alpha value is -0.700. The van der Waals surface area contributed by atoms with Crippen LogP contribution < -0.4 is 20.1 Å². The van der Waals surface area contributed by atoms with E-state index in [-0.39, 0.29) is 24.0 Å². The molecule has 0 saturated carbocycles. The van der Waals surface area contributed by atoms with Gasteiger partial charge in [-0.3, -0.25) is 4.99 Å². The molecule has 0 bridgehead atoms. The second-order valence-electron chi connectivity index (χ2n) is 3.82. The molecule has 1 aromatic rings. The van der Waals surface area contributed by atoms with Gasteiger partial charge < -0.3 is 20.1 Å². The second-order valence-corrected chi connectivity index (χ2v) is 4.68. The molecule has 0 amide bonds. The largest absolute Gasteiger partial charge is 0.493 e. The fraction of sp³-hybridized carbons (Fsp3) is 0.417. The number of rotatable bonds is 4. The van der Waals surface area contributed by atoms with Crippen molar-refractivity contribution < 1.29 is 9.47 Å². The molecule has 0 spiro atoms. The van der Waals surface area contributed by atoms with Crippen molar-refractivity contribution in [2.24, 2.45) is 4.99 Å². The molecule has 19 heavy (non-hydrogen) atoms. The summed E-state index contributed by atoms with van der Waals surface area (Å²) in [5, 5.41) is 6.40. The third kappa shape index (κ3) is 4.13. The zero-order valence-corrected chi connectivity index (χ0v) is 14.7. The van der Waals surface area contributed by atoms with Gasteiger partial charge in [0.2, 0.25) is 0 Å². The summed E-state index contributed by atoms with van der Waals surface area (Å²) in [6.45, 7) is 2.42. The minimum atomic E-state index is 0. The highest BCUT2D eigenvalue weighted by Crippen LogP contribution is 2.36. The van der Waals surface area contributed by atoms with Gasteiger partial charge >= 0.3 is 0 Å². The smallest absolute Gasteiger partial charge is 0.191 e. The molecule has 1 aromatic carbocycles. The SMILES string of the molecule is COc1cc(CNC2=NCCN2)cc(Br)c1OC.I. The summed E-state index contributed by atoms with van der Waals surface area (Å²) in [7, 11) is 3.25. The van der Waals surface area contributed by atoms with Gasteiger partial charge in [-0.1, -0.05) is 0 Å². The number of hydrogen-bond acceptors (Lipinski definition) is 5. The Morgan fingerprint density at radius 1 is 1.37 bits per heavy atom. The molecule has 0 radical (unpaired) electrons. The van der Waals surface area contributed by atoms with E-state index in [0.717, 1.165) is 29.1 Å². The van der Waals surface area contributed by atoms with Crippen molar-refractivity contribution in [2.75, 3.05) is 27.3 Å². The molecule has 1 aliphatic rings. The van der Waals surface area contributed by atoms with Crippen LogP contribution in [0.25, 0.3) is 0 Å². The number of nitrogens with one attached hydrogen (secondary N) is 2. The number of benzene rings is 1. The molecule has 7 heteroatoms. The summed E-state index contributed by atoms with van der Waals surface area (Å²) in [6.07, 6.45) is 0. The molecule has 1 heterocycles. The summed E-state index contributed by atoms with van der Waals surface area (Å²) >= 11 is 3.47. The van der Waals surface area contributed by atoms with Crippen LogP contribution in [0.2, 0.25) is 0 Å². The number of ether oxygens (including phenoxy) is 2. The first-order valence-corrected chi connectivity index (χ1v) is 6.46. The molecule has 2 rings (SSSR count). The second kappa shape index (κ2) is 7.78. The number of aliphatic imine (C=N–C) groups is 1. The summed E-state index contributed by atoms with van der Waals surface area (Å²) < 4.78 is 11.4. The molecule has 0 unspecified atom stereocenters. The Morgan fingerprint density at radius 3 is 2.74 bits per heavy atom. The third-order valence-electron chi connectivity index (χ3n) is 2.63. The molecular formula is C12H17BrIN3O2. The molecule has 0 fully saturated rings. The molecule has 2 N–H and O–H groups in total. The molecule has 5 nitrogen and oxygen atoms in total. The number of halogens is 2. The van der Waals surface area contributed by atoms with Crippen LogP contribution in [0.1, 0.15) is 5.56 Å². The minimum absolute atomic E-state index is 0. The highest BCUT2D eigenvalue weighted by atomic mass is 127. The summed E-state index contributed by atoms with van der Waals surface area (Å²) in [5.41, 5.74) is 1.09. The van der Waals surface area contributed by atoms with E-state index in [4.69, 9.17) is 9.47 Å². The number of nitrogens with zero attached hydrogens (tertiary/aromatic N) is 1. The summed E-state index contributed by atoms with van der Waals surface area (Å²) in [6, 6.07) is 3.95. The molecule has 0 aromatic heterocycles. The van der Waals surface area contributed by atoms with Gasteiger partial charge in [-0.05, 0) is 33.6 Å². The Kier molecular flexibility index (Phi) is 6.70. The van der Waals surface area contributed by atoms with Gasteiger partial charge in [0, 0.05) is 13.1 Å². The van der Waals surface area contributed by atoms with E-state index in [2.05, 4.69) is 31.6 Å². The van der Waals surface area contributed by atoms with Crippen LogP contribution in [-0.4, -0.2) is 33.3 Å². The number of methoxy groups -OCH3 is 2. The van der Waals surface area contributed by atoms with Crippen molar-refractivity contribution >= 4 is 45.9 Å². The Labute approximate surface area is 138 Å². The van der Waals surface area contributed by atoms with E-state index >= 15 is 0 Å². The van der Waals surface area contributed by atoms with Crippen molar-refractivity contribution in [2.45, 2.75) is 6.54 Å². The molecule has 0 atom stereocenters. The van der Waals surface area contributed by atoms with Gasteiger partial charge in [-0.25, -0.2) is 0 Å². The van der Waals surface area contributed by atoms with Crippen molar-refractivity contribution in [1.29, 1.82) is 0 Å². The lowest BCUT2D eigenvalue weighted by Crippen LogP contribution is -2.33. The first-order valence-electron chi connectivity index (χ1n) is 5.67. The lowest BCUT2D eigenvalue weighted by Gasteiger charge is -2.13. The highest BCUT2D eigenvalue weighted by Gasteiger charge is 2.11. The normalized spacial score (nSPS) is 13.1. The topological polar surface area (TPSA) is 54.9 Å². The van der Waals surface area contributed by atoms with Crippen LogP contribution in [0, 0.1) is 0 Å². The van der Waals surface area contributed by atoms with E-state index in [1.807, 2.05) is 12.1 Å². The molecular weight excluding hydrogens is 425 g/mol. The Balaban J connectivity index is 0.00000180. The first-order chi connectivity index (χ1) is 8.74. The van der Waals surface area contributed by atoms with Crippen molar-refractivity contribution in [3.05, 3.63) is 22.2 Å². The fourth-order valence-corrected chi connectivity index (χ4v) is 2.43. The summed E-state index contributed by atoms with van der Waals surface area (Å²) in [4.78, 5) is 4.28. The Bertz CT molecular complexity index is 469. The minimum Gasteiger partial charge on any atom is -0.493 e. The van der Waals surface area contributed by atoms with Gasteiger partial charge in [-0.15, -0.1) is 24.0 Å². The van der Waals surface area contributed by atoms with E-state index < -0.39 is 0 Å². The van der Waals surface area contributed by atoms with E-state index in [0.29, 0.717) is 18.0 Å². The molecule has 0 saturated heterocycles. The van der Waals surface area contributed by atoms with Gasteiger partial charge in [-0.2, -0.15) is 0 Å². The van der Waals surface area contributed by atoms with E-state index in [1.54, 1.807) is 14.2 Å². The standard InChI is InChI=1S/C12H16BrN3O2.HI/c1-17-10-6-8(5-9(13)11(10)18-2)7-16-12-14-3-4-15-12;/h5-6H,3-4,7H2,1-2H3,(H2,14,15,16);1H. The fourth-order valence-electron chi connectivity index (χ4n) is 1.78.